The lowest BCUT2D eigenvalue weighted by Crippen LogP contribution is -2.30. The molecular formula is C28H27N5O3S. The summed E-state index contributed by atoms with van der Waals surface area (Å²) in [5, 5.41) is 6.92. The van der Waals surface area contributed by atoms with Crippen molar-refractivity contribution in [2.75, 3.05) is 31.0 Å². The average Bonchev–Trinajstić information content (AvgIpc) is 3.54. The molecule has 1 amide bonds. The van der Waals surface area contributed by atoms with E-state index in [4.69, 9.17) is 21.7 Å². The van der Waals surface area contributed by atoms with Crippen LogP contribution >= 0.6 is 12.2 Å². The Kier molecular flexibility index (Phi) is 7.16. The van der Waals surface area contributed by atoms with Crippen LogP contribution in [0.15, 0.2) is 91.3 Å². The number of thiocarbonyl (C=S) groups is 1. The van der Waals surface area contributed by atoms with Crippen LogP contribution in [0.5, 0.6) is 5.75 Å². The number of nitrogens with zero attached hydrogens (tertiary/aromatic N) is 3. The molecule has 2 atom stereocenters. The molecule has 8 nitrogen and oxygen atoms in total. The molecule has 2 N–H and O–H groups in total. The molecule has 9 heteroatoms. The molecule has 3 heterocycles. The van der Waals surface area contributed by atoms with Crippen LogP contribution in [0.2, 0.25) is 0 Å². The van der Waals surface area contributed by atoms with E-state index in [0.717, 1.165) is 28.5 Å². The summed E-state index contributed by atoms with van der Waals surface area (Å²) in [6.45, 7) is -0.00192. The Morgan fingerprint density at radius 1 is 1.00 bits per heavy atom. The minimum Gasteiger partial charge on any atom is -0.497 e. The number of carbonyl (C=O) groups is 1. The van der Waals surface area contributed by atoms with Crippen LogP contribution in [0.25, 0.3) is 5.69 Å². The Balaban J connectivity index is 1.55. The highest BCUT2D eigenvalue weighted by Crippen LogP contribution is 2.42. The molecule has 188 valence electrons. The van der Waals surface area contributed by atoms with E-state index in [2.05, 4.69) is 31.2 Å². The molecule has 4 aromatic rings. The number of hydrogen-bond acceptors (Lipinski definition) is 5. The van der Waals surface area contributed by atoms with Crippen LogP contribution in [-0.4, -0.2) is 41.4 Å². The maximum atomic E-state index is 11.9. The molecule has 1 aliphatic heterocycles. The summed E-state index contributed by atoms with van der Waals surface area (Å²) in [5.41, 5.74) is 4.53. The van der Waals surface area contributed by atoms with Gasteiger partial charge in [0.1, 0.15) is 18.4 Å². The first-order valence-electron chi connectivity index (χ1n) is 11.8. The lowest BCUT2D eigenvalue weighted by atomic mass is 10.0. The fourth-order valence-corrected chi connectivity index (χ4v) is 4.93. The normalized spacial score (nSPS) is 16.9. The van der Waals surface area contributed by atoms with Gasteiger partial charge in [0, 0.05) is 42.3 Å². The maximum absolute atomic E-state index is 11.9. The van der Waals surface area contributed by atoms with E-state index >= 15 is 0 Å². The van der Waals surface area contributed by atoms with Crippen molar-refractivity contribution >= 4 is 34.6 Å². The quantitative estimate of drug-likeness (QED) is 0.332. The molecule has 1 saturated heterocycles. The minimum atomic E-state index is -0.209. The zero-order valence-electron chi connectivity index (χ0n) is 20.5. The van der Waals surface area contributed by atoms with E-state index in [1.54, 1.807) is 13.3 Å². The van der Waals surface area contributed by atoms with E-state index in [0.29, 0.717) is 10.8 Å². The van der Waals surface area contributed by atoms with Crippen molar-refractivity contribution in [2.45, 2.75) is 12.1 Å². The van der Waals surface area contributed by atoms with Gasteiger partial charge < -0.3 is 29.6 Å². The van der Waals surface area contributed by atoms with Gasteiger partial charge in [-0.25, -0.2) is 0 Å². The molecule has 0 spiro atoms. The second kappa shape index (κ2) is 10.8. The van der Waals surface area contributed by atoms with Gasteiger partial charge in [-0.05, 0) is 85.0 Å². The molecule has 1 fully saturated rings. The van der Waals surface area contributed by atoms with Gasteiger partial charge in [0.05, 0.1) is 18.8 Å². The SMILES string of the molecule is COCC(=O)Nc1ccc(N2C(=S)NC(c3ccccn3)C2c2cccn2-c2ccc(OC)cc2)cc1. The molecule has 0 radical (unpaired) electrons. The highest BCUT2D eigenvalue weighted by atomic mass is 32.1. The summed E-state index contributed by atoms with van der Waals surface area (Å²) in [6.07, 6.45) is 3.83. The van der Waals surface area contributed by atoms with Crippen molar-refractivity contribution in [3.63, 3.8) is 0 Å². The Morgan fingerprint density at radius 3 is 2.43 bits per heavy atom. The number of benzene rings is 2. The number of amides is 1. The molecule has 2 unspecified atom stereocenters. The Hall–Kier alpha value is -4.21. The number of methoxy groups -OCH3 is 2. The summed E-state index contributed by atoms with van der Waals surface area (Å²) in [6, 6.07) is 25.2. The number of nitrogens with one attached hydrogen (secondary N) is 2. The molecule has 0 saturated carbocycles. The summed E-state index contributed by atoms with van der Waals surface area (Å²) < 4.78 is 12.4. The number of carbonyl (C=O) groups excluding carboxylic acids is 1. The zero-order valence-corrected chi connectivity index (χ0v) is 21.3. The Morgan fingerprint density at radius 2 is 1.76 bits per heavy atom. The first kappa shape index (κ1) is 24.5. The van der Waals surface area contributed by atoms with Gasteiger partial charge >= 0.3 is 0 Å². The van der Waals surface area contributed by atoms with Gasteiger partial charge in [-0.3, -0.25) is 9.78 Å². The highest BCUT2D eigenvalue weighted by Gasteiger charge is 2.42. The largest absolute Gasteiger partial charge is 0.497 e. The Bertz CT molecular complexity index is 1370. The number of hydrogen-bond donors (Lipinski definition) is 2. The third-order valence-corrected chi connectivity index (χ3v) is 6.55. The van der Waals surface area contributed by atoms with Gasteiger partial charge in [-0.1, -0.05) is 6.07 Å². The van der Waals surface area contributed by atoms with Crippen LogP contribution in [0.3, 0.4) is 0 Å². The van der Waals surface area contributed by atoms with Crippen LogP contribution in [0.1, 0.15) is 23.5 Å². The highest BCUT2D eigenvalue weighted by molar-refractivity contribution is 7.80. The first-order chi connectivity index (χ1) is 18.1. The fraction of sp³-hybridized carbons (Fsp3) is 0.179. The van der Waals surface area contributed by atoms with Crippen molar-refractivity contribution < 1.29 is 14.3 Å². The van der Waals surface area contributed by atoms with Crippen molar-refractivity contribution in [3.05, 3.63) is 103 Å². The third-order valence-electron chi connectivity index (χ3n) is 6.24. The first-order valence-corrected chi connectivity index (χ1v) is 12.2. The van der Waals surface area contributed by atoms with Crippen molar-refractivity contribution in [3.8, 4) is 11.4 Å². The van der Waals surface area contributed by atoms with Crippen molar-refractivity contribution in [1.82, 2.24) is 14.9 Å². The number of pyridine rings is 1. The van der Waals surface area contributed by atoms with E-state index in [1.165, 1.54) is 7.11 Å². The summed E-state index contributed by atoms with van der Waals surface area (Å²) in [7, 11) is 3.15. The van der Waals surface area contributed by atoms with Gasteiger partial charge in [-0.15, -0.1) is 0 Å². The Labute approximate surface area is 220 Å². The maximum Gasteiger partial charge on any atom is 0.250 e. The molecule has 0 aliphatic carbocycles. The van der Waals surface area contributed by atoms with Crippen LogP contribution in [0.4, 0.5) is 11.4 Å². The van der Waals surface area contributed by atoms with E-state index in [1.807, 2.05) is 79.0 Å². The average molecular weight is 514 g/mol. The molecule has 2 aromatic carbocycles. The van der Waals surface area contributed by atoms with E-state index in [-0.39, 0.29) is 24.6 Å². The fourth-order valence-electron chi connectivity index (χ4n) is 4.58. The van der Waals surface area contributed by atoms with E-state index < -0.39 is 0 Å². The standard InChI is InChI=1S/C28H27N5O3S/c1-35-18-25(34)30-19-8-10-21(11-9-19)33-27(26(31-28(33)37)23-6-3-4-16-29-23)24-7-5-17-32(24)20-12-14-22(36-2)15-13-20/h3-17,26-27H,18H2,1-2H3,(H,30,34)(H,31,37). The number of anilines is 2. The second-order valence-corrected chi connectivity index (χ2v) is 8.91. The zero-order chi connectivity index (χ0) is 25.8. The minimum absolute atomic E-state index is 0.00192. The number of aromatic nitrogens is 2. The number of rotatable bonds is 8. The summed E-state index contributed by atoms with van der Waals surface area (Å²) in [4.78, 5) is 18.7. The predicted octanol–water partition coefficient (Wildman–Crippen LogP) is 4.64. The van der Waals surface area contributed by atoms with E-state index in [9.17, 15) is 4.79 Å². The molecule has 5 rings (SSSR count). The van der Waals surface area contributed by atoms with Crippen LogP contribution in [0, 0.1) is 0 Å². The van der Waals surface area contributed by atoms with Crippen molar-refractivity contribution in [2.24, 2.45) is 0 Å². The third kappa shape index (κ3) is 5.04. The molecule has 2 aromatic heterocycles. The van der Waals surface area contributed by atoms with Crippen LogP contribution in [-0.2, 0) is 9.53 Å². The summed E-state index contributed by atoms with van der Waals surface area (Å²) >= 11 is 5.86. The number of ether oxygens (including phenoxy) is 2. The lowest BCUT2D eigenvalue weighted by Gasteiger charge is -2.29. The smallest absolute Gasteiger partial charge is 0.250 e. The monoisotopic (exact) mass is 513 g/mol. The molecule has 0 bridgehead atoms. The molecule has 1 aliphatic rings. The van der Waals surface area contributed by atoms with Crippen molar-refractivity contribution in [1.29, 1.82) is 0 Å². The predicted molar refractivity (Wildman–Crippen MR) is 147 cm³/mol. The van der Waals surface area contributed by atoms with Gasteiger partial charge in [0.15, 0.2) is 5.11 Å². The van der Waals surface area contributed by atoms with Gasteiger partial charge in [-0.2, -0.15) is 0 Å². The lowest BCUT2D eigenvalue weighted by molar-refractivity contribution is -0.119. The van der Waals surface area contributed by atoms with Gasteiger partial charge in [0.25, 0.3) is 0 Å². The second-order valence-electron chi connectivity index (χ2n) is 8.53. The van der Waals surface area contributed by atoms with Crippen LogP contribution < -0.4 is 20.3 Å². The molecular weight excluding hydrogens is 486 g/mol. The summed E-state index contributed by atoms with van der Waals surface area (Å²) in [5.74, 6) is 0.589. The topological polar surface area (TPSA) is 80.7 Å². The molecule has 37 heavy (non-hydrogen) atoms. The van der Waals surface area contributed by atoms with Gasteiger partial charge in [0.2, 0.25) is 5.91 Å².